The first-order chi connectivity index (χ1) is 8.20. The van der Waals surface area contributed by atoms with Crippen LogP contribution >= 0.6 is 0 Å². The summed E-state index contributed by atoms with van der Waals surface area (Å²) in [5.41, 5.74) is 1.90. The van der Waals surface area contributed by atoms with Crippen molar-refractivity contribution in [1.29, 1.82) is 0 Å². The average Bonchev–Trinajstić information content (AvgIpc) is 2.71. The summed E-state index contributed by atoms with van der Waals surface area (Å²) in [4.78, 5) is 24.3. The highest BCUT2D eigenvalue weighted by Crippen LogP contribution is 2.18. The number of rotatable bonds is 4. The molecule has 3 N–H and O–H groups in total. The molecule has 17 heavy (non-hydrogen) atoms. The molecule has 0 fully saturated rings. The number of fused-ring (bicyclic) bond motifs is 1. The smallest absolute Gasteiger partial charge is 0.405 e. The maximum absolute atomic E-state index is 10.8. The molecule has 1 unspecified atom stereocenters. The lowest BCUT2D eigenvalue weighted by atomic mass is 10.1. The van der Waals surface area contributed by atoms with E-state index in [4.69, 9.17) is 5.11 Å². The summed E-state index contributed by atoms with van der Waals surface area (Å²) in [5.74, 6) is 0. The van der Waals surface area contributed by atoms with Crippen LogP contribution in [0.2, 0.25) is 0 Å². The number of hydrogen-bond acceptors (Lipinski definition) is 2. The summed E-state index contributed by atoms with van der Waals surface area (Å²) < 4.78 is 0. The van der Waals surface area contributed by atoms with Gasteiger partial charge in [-0.2, -0.15) is 0 Å². The summed E-state index contributed by atoms with van der Waals surface area (Å²) in [6.45, 7) is 0. The van der Waals surface area contributed by atoms with Crippen LogP contribution in [0.25, 0.3) is 10.9 Å². The van der Waals surface area contributed by atoms with Crippen molar-refractivity contribution in [2.24, 2.45) is 0 Å². The van der Waals surface area contributed by atoms with Gasteiger partial charge in [0.1, 0.15) is 6.29 Å². The van der Waals surface area contributed by atoms with Crippen LogP contribution in [0.4, 0.5) is 4.79 Å². The number of aldehydes is 1. The number of carbonyl (C=O) groups is 2. The predicted molar refractivity (Wildman–Crippen MR) is 63.0 cm³/mol. The minimum atomic E-state index is -1.19. The predicted octanol–water partition coefficient (Wildman–Crippen LogP) is 1.55. The molecule has 0 aliphatic heterocycles. The van der Waals surface area contributed by atoms with Crippen LogP contribution in [-0.2, 0) is 11.2 Å². The summed E-state index contributed by atoms with van der Waals surface area (Å²) in [7, 11) is 0. The molecule has 1 heterocycles. The van der Waals surface area contributed by atoms with Gasteiger partial charge in [-0.05, 0) is 11.6 Å². The van der Waals surface area contributed by atoms with E-state index in [1.807, 2.05) is 24.3 Å². The topological polar surface area (TPSA) is 82.2 Å². The van der Waals surface area contributed by atoms with Gasteiger partial charge in [-0.15, -0.1) is 0 Å². The number of aromatic amines is 1. The minimum Gasteiger partial charge on any atom is -0.465 e. The molecular formula is C12H12N2O3. The number of para-hydroxylation sites is 1. The van der Waals surface area contributed by atoms with Crippen LogP contribution in [0.5, 0.6) is 0 Å². The largest absolute Gasteiger partial charge is 0.465 e. The molecule has 0 radical (unpaired) electrons. The monoisotopic (exact) mass is 232 g/mol. The van der Waals surface area contributed by atoms with Crippen molar-refractivity contribution in [3.8, 4) is 0 Å². The van der Waals surface area contributed by atoms with Crippen molar-refractivity contribution < 1.29 is 14.7 Å². The van der Waals surface area contributed by atoms with Gasteiger partial charge in [-0.1, -0.05) is 18.2 Å². The highest BCUT2D eigenvalue weighted by Gasteiger charge is 2.13. The molecule has 5 heteroatoms. The summed E-state index contributed by atoms with van der Waals surface area (Å²) >= 11 is 0. The van der Waals surface area contributed by atoms with Gasteiger partial charge >= 0.3 is 6.09 Å². The number of hydrogen-bond donors (Lipinski definition) is 3. The van der Waals surface area contributed by atoms with Crippen LogP contribution in [-0.4, -0.2) is 28.5 Å². The fourth-order valence-corrected chi connectivity index (χ4v) is 1.83. The van der Waals surface area contributed by atoms with Crippen LogP contribution in [0, 0.1) is 0 Å². The van der Waals surface area contributed by atoms with Crippen LogP contribution in [0.3, 0.4) is 0 Å². The first-order valence-electron chi connectivity index (χ1n) is 5.20. The fourth-order valence-electron chi connectivity index (χ4n) is 1.83. The molecule has 0 spiro atoms. The molecule has 0 aliphatic rings. The third-order valence-electron chi connectivity index (χ3n) is 2.59. The molecular weight excluding hydrogens is 220 g/mol. The normalized spacial score (nSPS) is 12.2. The third kappa shape index (κ3) is 2.44. The average molecular weight is 232 g/mol. The SMILES string of the molecule is O=CC(Cc1c[nH]c2ccccc12)NC(=O)O. The van der Waals surface area contributed by atoms with Gasteiger partial charge in [-0.25, -0.2) is 4.79 Å². The first-order valence-corrected chi connectivity index (χ1v) is 5.20. The number of benzene rings is 1. The van der Waals surface area contributed by atoms with E-state index in [1.54, 1.807) is 6.20 Å². The number of amides is 1. The molecule has 1 aromatic carbocycles. The quantitative estimate of drug-likeness (QED) is 0.699. The second-order valence-corrected chi connectivity index (χ2v) is 3.76. The van der Waals surface area contributed by atoms with E-state index in [9.17, 15) is 9.59 Å². The first kappa shape index (κ1) is 11.2. The lowest BCUT2D eigenvalue weighted by molar-refractivity contribution is -0.109. The number of carboxylic acid groups (broad SMARTS) is 1. The van der Waals surface area contributed by atoms with E-state index in [0.717, 1.165) is 16.5 Å². The maximum atomic E-state index is 10.8. The Balaban J connectivity index is 2.22. The number of carbonyl (C=O) groups excluding carboxylic acids is 1. The van der Waals surface area contributed by atoms with Gasteiger partial charge in [0, 0.05) is 23.5 Å². The highest BCUT2D eigenvalue weighted by molar-refractivity contribution is 5.83. The van der Waals surface area contributed by atoms with Crippen LogP contribution in [0.1, 0.15) is 5.56 Å². The van der Waals surface area contributed by atoms with E-state index in [0.29, 0.717) is 12.7 Å². The zero-order chi connectivity index (χ0) is 12.3. The van der Waals surface area contributed by atoms with E-state index < -0.39 is 12.1 Å². The third-order valence-corrected chi connectivity index (χ3v) is 2.59. The van der Waals surface area contributed by atoms with Crippen molar-refractivity contribution in [2.75, 3.05) is 0 Å². The van der Waals surface area contributed by atoms with Gasteiger partial charge in [0.25, 0.3) is 0 Å². The number of H-pyrrole nitrogens is 1. The van der Waals surface area contributed by atoms with Gasteiger partial charge in [-0.3, -0.25) is 0 Å². The Morgan fingerprint density at radius 1 is 1.47 bits per heavy atom. The molecule has 88 valence electrons. The minimum absolute atomic E-state index is 0.347. The molecule has 1 atom stereocenters. The van der Waals surface area contributed by atoms with E-state index in [1.165, 1.54) is 0 Å². The van der Waals surface area contributed by atoms with Crippen molar-refractivity contribution in [1.82, 2.24) is 10.3 Å². The van der Waals surface area contributed by atoms with Crippen LogP contribution in [0.15, 0.2) is 30.5 Å². The zero-order valence-electron chi connectivity index (χ0n) is 9.01. The van der Waals surface area contributed by atoms with Crippen LogP contribution < -0.4 is 5.32 Å². The molecule has 1 amide bonds. The zero-order valence-corrected chi connectivity index (χ0v) is 9.01. The van der Waals surface area contributed by atoms with Crippen molar-refractivity contribution in [3.63, 3.8) is 0 Å². The molecule has 1 aromatic heterocycles. The maximum Gasteiger partial charge on any atom is 0.405 e. The highest BCUT2D eigenvalue weighted by atomic mass is 16.4. The fraction of sp³-hybridized carbons (Fsp3) is 0.167. The Morgan fingerprint density at radius 3 is 2.94 bits per heavy atom. The van der Waals surface area contributed by atoms with Gasteiger partial charge in [0.05, 0.1) is 6.04 Å². The van der Waals surface area contributed by atoms with Crippen molar-refractivity contribution >= 4 is 23.3 Å². The van der Waals surface area contributed by atoms with Crippen molar-refractivity contribution in [2.45, 2.75) is 12.5 Å². The molecule has 0 aliphatic carbocycles. The van der Waals surface area contributed by atoms with E-state index >= 15 is 0 Å². The summed E-state index contributed by atoms with van der Waals surface area (Å²) in [5, 5.41) is 11.8. The number of nitrogens with one attached hydrogen (secondary N) is 2. The summed E-state index contributed by atoms with van der Waals surface area (Å²) in [6.07, 6.45) is 1.56. The molecule has 0 saturated carbocycles. The molecule has 2 rings (SSSR count). The standard InChI is InChI=1S/C12H12N2O3/c15-7-9(14-12(16)17)5-8-6-13-11-4-2-1-3-10(8)11/h1-4,6-7,9,13-14H,5H2,(H,16,17). The lowest BCUT2D eigenvalue weighted by Gasteiger charge is -2.08. The molecule has 0 saturated heterocycles. The van der Waals surface area contributed by atoms with E-state index in [2.05, 4.69) is 10.3 Å². The Hall–Kier alpha value is -2.30. The van der Waals surface area contributed by atoms with Gasteiger partial charge < -0.3 is 20.2 Å². The molecule has 2 aromatic rings. The second kappa shape index (κ2) is 4.69. The van der Waals surface area contributed by atoms with E-state index in [-0.39, 0.29) is 0 Å². The van der Waals surface area contributed by atoms with Gasteiger partial charge in [0.15, 0.2) is 0 Å². The lowest BCUT2D eigenvalue weighted by Crippen LogP contribution is -2.36. The Morgan fingerprint density at radius 2 is 2.24 bits per heavy atom. The van der Waals surface area contributed by atoms with Gasteiger partial charge in [0.2, 0.25) is 0 Å². The Bertz CT molecular complexity index is 547. The number of aromatic nitrogens is 1. The summed E-state index contributed by atoms with van der Waals surface area (Å²) in [6, 6.07) is 6.96. The molecule has 5 nitrogen and oxygen atoms in total. The molecule has 0 bridgehead atoms. The Labute approximate surface area is 97.4 Å². The Kier molecular flexibility index (Phi) is 3.09. The van der Waals surface area contributed by atoms with Crippen molar-refractivity contribution in [3.05, 3.63) is 36.0 Å². The second-order valence-electron chi connectivity index (χ2n) is 3.76.